The highest BCUT2D eigenvalue weighted by molar-refractivity contribution is 7.10. The van der Waals surface area contributed by atoms with Crippen molar-refractivity contribution in [1.82, 2.24) is 0 Å². The van der Waals surface area contributed by atoms with Gasteiger partial charge in [0.25, 0.3) is 0 Å². The number of rotatable bonds is 7. The summed E-state index contributed by atoms with van der Waals surface area (Å²) in [5, 5.41) is 1.89. The Morgan fingerprint density at radius 2 is 1.77 bits per heavy atom. The summed E-state index contributed by atoms with van der Waals surface area (Å²) in [5.74, 6) is -2.79. The lowest BCUT2D eigenvalue weighted by molar-refractivity contribution is -0.152. The maximum Gasteiger partial charge on any atom is 0.317 e. The monoisotopic (exact) mass is 549 g/mol. The van der Waals surface area contributed by atoms with Crippen LogP contribution in [0.25, 0.3) is 0 Å². The Balaban J connectivity index is 1.72. The summed E-state index contributed by atoms with van der Waals surface area (Å²) in [5.41, 5.74) is 2.06. The fourth-order valence-electron chi connectivity index (χ4n) is 5.55. The van der Waals surface area contributed by atoms with Gasteiger partial charge in [-0.15, -0.1) is 11.3 Å². The highest BCUT2D eigenvalue weighted by atomic mass is 32.1. The third-order valence-corrected chi connectivity index (χ3v) is 8.27. The summed E-state index contributed by atoms with van der Waals surface area (Å²) in [6, 6.07) is 14.7. The van der Waals surface area contributed by atoms with E-state index in [0.29, 0.717) is 34.0 Å². The Morgan fingerprint density at radius 1 is 1.03 bits per heavy atom. The highest BCUT2D eigenvalue weighted by Gasteiger charge is 2.50. The molecule has 0 saturated carbocycles. The molecule has 0 radical (unpaired) electrons. The van der Waals surface area contributed by atoms with Gasteiger partial charge in [0.2, 0.25) is 5.91 Å². The van der Waals surface area contributed by atoms with Crippen molar-refractivity contribution >= 4 is 34.7 Å². The number of amides is 1. The summed E-state index contributed by atoms with van der Waals surface area (Å²) < 4.78 is 30.0. The van der Waals surface area contributed by atoms with Crippen LogP contribution in [0.5, 0.6) is 11.5 Å². The number of ketones is 1. The number of anilines is 1. The van der Waals surface area contributed by atoms with Gasteiger partial charge >= 0.3 is 5.97 Å². The second-order valence-electron chi connectivity index (χ2n) is 9.36. The topological polar surface area (TPSA) is 82.1 Å². The standard InChI is InChI=1S/C30H28FNO6S/c1-4-38-30(35)28-21(25-6-5-13-39-25)15-22-27(29(28)34)20(17-7-12-23(36-2)24(14-17)37-3)16-26(33)32(22)19-10-8-18(31)9-11-19/h5-14,20-21,28H,4,15-16H2,1-3H3/t20-,21+,28-/m0/s1. The Hall–Kier alpha value is -3.98. The molecule has 0 fully saturated rings. The number of thiophene rings is 1. The van der Waals surface area contributed by atoms with E-state index in [9.17, 15) is 18.8 Å². The summed E-state index contributed by atoms with van der Waals surface area (Å²) in [6.45, 7) is 1.85. The van der Waals surface area contributed by atoms with Crippen molar-refractivity contribution < 1.29 is 33.0 Å². The molecule has 1 aromatic heterocycles. The molecule has 1 aliphatic heterocycles. The SMILES string of the molecule is CCOC(=O)[C@@H]1C(=O)C2=C(C[C@@H]1c1cccs1)N(c1ccc(F)cc1)C(=O)C[C@H]2c1ccc(OC)c(OC)c1. The number of ether oxygens (including phenoxy) is 3. The summed E-state index contributed by atoms with van der Waals surface area (Å²) >= 11 is 1.45. The minimum Gasteiger partial charge on any atom is -0.493 e. The molecule has 2 heterocycles. The lowest BCUT2D eigenvalue weighted by atomic mass is 9.69. The van der Waals surface area contributed by atoms with Crippen molar-refractivity contribution in [3.05, 3.63) is 87.5 Å². The summed E-state index contributed by atoms with van der Waals surface area (Å²) in [6.07, 6.45) is 0.245. The van der Waals surface area contributed by atoms with Crippen LogP contribution in [0.3, 0.4) is 0 Å². The Morgan fingerprint density at radius 3 is 2.41 bits per heavy atom. The van der Waals surface area contributed by atoms with Gasteiger partial charge < -0.3 is 14.2 Å². The van der Waals surface area contributed by atoms with Gasteiger partial charge in [-0.25, -0.2) is 4.39 Å². The number of nitrogens with zero attached hydrogens (tertiary/aromatic N) is 1. The molecule has 5 rings (SSSR count). The van der Waals surface area contributed by atoms with Crippen LogP contribution in [0.1, 0.15) is 42.0 Å². The molecule has 7 nitrogen and oxygen atoms in total. The number of halogens is 1. The predicted molar refractivity (Wildman–Crippen MR) is 145 cm³/mol. The van der Waals surface area contributed by atoms with Gasteiger partial charge in [0.15, 0.2) is 17.3 Å². The van der Waals surface area contributed by atoms with Gasteiger partial charge in [-0.2, -0.15) is 0 Å². The van der Waals surface area contributed by atoms with Crippen molar-refractivity contribution in [2.45, 2.75) is 31.6 Å². The molecule has 9 heteroatoms. The minimum atomic E-state index is -1.05. The lowest BCUT2D eigenvalue weighted by Gasteiger charge is -2.42. The molecule has 0 saturated heterocycles. The minimum absolute atomic E-state index is 0.0172. The van der Waals surface area contributed by atoms with Crippen LogP contribution in [0.15, 0.2) is 71.2 Å². The third-order valence-electron chi connectivity index (χ3n) is 7.26. The molecule has 202 valence electrons. The lowest BCUT2D eigenvalue weighted by Crippen LogP contribution is -2.46. The van der Waals surface area contributed by atoms with Gasteiger partial charge in [-0.05, 0) is 66.8 Å². The van der Waals surface area contributed by atoms with Crippen molar-refractivity contribution in [2.24, 2.45) is 5.92 Å². The predicted octanol–water partition coefficient (Wildman–Crippen LogP) is 5.61. The maximum absolute atomic E-state index is 14.4. The van der Waals surface area contributed by atoms with Gasteiger partial charge in [-0.3, -0.25) is 19.3 Å². The van der Waals surface area contributed by atoms with Crippen molar-refractivity contribution in [3.8, 4) is 11.5 Å². The Bertz CT molecular complexity index is 1430. The van der Waals surface area contributed by atoms with Crippen LogP contribution in [-0.2, 0) is 19.1 Å². The second-order valence-corrected chi connectivity index (χ2v) is 10.3. The number of hydrogen-bond acceptors (Lipinski definition) is 7. The first kappa shape index (κ1) is 26.6. The quantitative estimate of drug-likeness (QED) is 0.281. The number of benzene rings is 2. The highest BCUT2D eigenvalue weighted by Crippen LogP contribution is 2.50. The number of esters is 1. The van der Waals surface area contributed by atoms with Crippen LogP contribution in [0.2, 0.25) is 0 Å². The molecule has 0 bridgehead atoms. The molecular weight excluding hydrogens is 521 g/mol. The number of allylic oxidation sites excluding steroid dienone is 2. The van der Waals surface area contributed by atoms with Crippen molar-refractivity contribution in [1.29, 1.82) is 0 Å². The number of carbonyl (C=O) groups is 3. The molecule has 2 aromatic carbocycles. The fraction of sp³-hybridized carbons (Fsp3) is 0.300. The van der Waals surface area contributed by atoms with E-state index >= 15 is 0 Å². The number of carbonyl (C=O) groups excluding carboxylic acids is 3. The molecule has 3 atom stereocenters. The zero-order valence-corrected chi connectivity index (χ0v) is 22.6. The Labute approximate surface area is 229 Å². The average molecular weight is 550 g/mol. The first-order valence-electron chi connectivity index (χ1n) is 12.7. The molecule has 1 aliphatic carbocycles. The van der Waals surface area contributed by atoms with Gasteiger partial charge in [-0.1, -0.05) is 12.1 Å². The van der Waals surface area contributed by atoms with Crippen molar-refractivity contribution in [2.75, 3.05) is 25.7 Å². The zero-order chi connectivity index (χ0) is 27.7. The van der Waals surface area contributed by atoms with Crippen LogP contribution >= 0.6 is 11.3 Å². The number of Topliss-reactive ketones (excluding diaryl/α,β-unsaturated/α-hetero) is 1. The Kier molecular flexibility index (Phi) is 7.52. The van der Waals surface area contributed by atoms with Gasteiger partial charge in [0, 0.05) is 40.1 Å². The number of hydrogen-bond donors (Lipinski definition) is 0. The smallest absolute Gasteiger partial charge is 0.317 e. The normalized spacial score (nSPS) is 21.0. The molecule has 0 spiro atoms. The molecule has 2 aliphatic rings. The van der Waals surface area contributed by atoms with Crippen LogP contribution in [0, 0.1) is 11.7 Å². The van der Waals surface area contributed by atoms with Crippen molar-refractivity contribution in [3.63, 3.8) is 0 Å². The summed E-state index contributed by atoms with van der Waals surface area (Å²) in [4.78, 5) is 43.7. The molecule has 0 N–H and O–H groups in total. The van der Waals surface area contributed by atoms with Crippen LogP contribution in [0.4, 0.5) is 10.1 Å². The first-order chi connectivity index (χ1) is 18.9. The van der Waals surface area contributed by atoms with E-state index in [2.05, 4.69) is 0 Å². The van der Waals surface area contributed by atoms with E-state index in [1.54, 1.807) is 25.1 Å². The largest absolute Gasteiger partial charge is 0.493 e. The van der Waals surface area contributed by atoms with Gasteiger partial charge in [0.1, 0.15) is 11.7 Å². The summed E-state index contributed by atoms with van der Waals surface area (Å²) in [7, 11) is 3.05. The van der Waals surface area contributed by atoms with E-state index in [0.717, 1.165) is 4.88 Å². The zero-order valence-electron chi connectivity index (χ0n) is 21.8. The van der Waals surface area contributed by atoms with Gasteiger partial charge in [0.05, 0.1) is 20.8 Å². The third kappa shape index (κ3) is 4.83. The van der Waals surface area contributed by atoms with E-state index in [4.69, 9.17) is 14.2 Å². The van der Waals surface area contributed by atoms with Crippen LogP contribution < -0.4 is 14.4 Å². The van der Waals surface area contributed by atoms with E-state index in [1.807, 2.05) is 17.5 Å². The van der Waals surface area contributed by atoms with Crippen LogP contribution in [-0.4, -0.2) is 38.5 Å². The molecule has 39 heavy (non-hydrogen) atoms. The maximum atomic E-state index is 14.4. The fourth-order valence-corrected chi connectivity index (χ4v) is 6.41. The first-order valence-corrected chi connectivity index (χ1v) is 13.5. The molecule has 3 aromatic rings. The molecule has 1 amide bonds. The molecule has 0 unspecified atom stereocenters. The van der Waals surface area contributed by atoms with E-state index in [-0.39, 0.29) is 31.1 Å². The van der Waals surface area contributed by atoms with E-state index < -0.39 is 29.5 Å². The second kappa shape index (κ2) is 11.0. The van der Waals surface area contributed by atoms with E-state index in [1.165, 1.54) is 54.7 Å². The average Bonchev–Trinajstić information content (AvgIpc) is 3.48. The number of methoxy groups -OCH3 is 2. The molecular formula is C30H28FNO6S.